The van der Waals surface area contributed by atoms with Crippen LogP contribution in [0.5, 0.6) is 0 Å². The lowest BCUT2D eigenvalue weighted by Crippen LogP contribution is -2.60. The van der Waals surface area contributed by atoms with Crippen LogP contribution >= 0.6 is 0 Å². The Morgan fingerprint density at radius 1 is 1.08 bits per heavy atom. The van der Waals surface area contributed by atoms with Crippen LogP contribution in [-0.2, 0) is 9.47 Å². The highest BCUT2D eigenvalue weighted by Crippen LogP contribution is 2.34. The average Bonchev–Trinajstić information content (AvgIpc) is 2.52. The van der Waals surface area contributed by atoms with Gasteiger partial charge in [0.15, 0.2) is 5.78 Å². The number of Topliss-reactive ketones (excluding diaryl/α,β-unsaturated/α-hetero) is 1. The molecule has 2 aliphatic rings. The van der Waals surface area contributed by atoms with E-state index in [4.69, 9.17) is 9.47 Å². The molecule has 2 heterocycles. The third kappa shape index (κ3) is 3.61. The molecule has 2 saturated heterocycles. The van der Waals surface area contributed by atoms with Gasteiger partial charge in [-0.05, 0) is 33.6 Å². The van der Waals surface area contributed by atoms with E-state index in [1.54, 1.807) is 4.90 Å². The first kappa shape index (κ1) is 17.0. The van der Waals surface area contributed by atoms with Gasteiger partial charge in [-0.2, -0.15) is 0 Å². The van der Waals surface area contributed by atoms with Crippen molar-refractivity contribution in [1.29, 1.82) is 0 Å². The van der Waals surface area contributed by atoms with E-state index in [1.807, 2.05) is 51.1 Å². The number of ether oxygens (including phenoxy) is 2. The number of carbonyl (C=O) groups is 2. The number of hydrogen-bond acceptors (Lipinski definition) is 4. The van der Waals surface area contributed by atoms with Crippen molar-refractivity contribution in [2.24, 2.45) is 5.92 Å². The second-order valence-corrected chi connectivity index (χ2v) is 7.63. The Bertz CT molecular complexity index is 594. The molecule has 24 heavy (non-hydrogen) atoms. The Balaban J connectivity index is 1.74. The van der Waals surface area contributed by atoms with Gasteiger partial charge in [0.25, 0.3) is 0 Å². The van der Waals surface area contributed by atoms with Gasteiger partial charge in [-0.25, -0.2) is 4.79 Å². The zero-order valence-corrected chi connectivity index (χ0v) is 14.5. The summed E-state index contributed by atoms with van der Waals surface area (Å²) >= 11 is 0. The fraction of sp³-hybridized carbons (Fsp3) is 0.579. The first-order chi connectivity index (χ1) is 11.3. The zero-order chi connectivity index (χ0) is 17.3. The Labute approximate surface area is 142 Å². The first-order valence-corrected chi connectivity index (χ1v) is 8.53. The third-order valence-corrected chi connectivity index (χ3v) is 4.55. The Morgan fingerprint density at radius 3 is 2.21 bits per heavy atom. The van der Waals surface area contributed by atoms with Gasteiger partial charge in [-0.3, -0.25) is 9.69 Å². The maximum Gasteiger partial charge on any atom is 0.410 e. The van der Waals surface area contributed by atoms with E-state index in [2.05, 4.69) is 0 Å². The quantitative estimate of drug-likeness (QED) is 0.780. The van der Waals surface area contributed by atoms with Gasteiger partial charge in [0.2, 0.25) is 0 Å². The molecule has 1 amide bonds. The molecule has 130 valence electrons. The van der Waals surface area contributed by atoms with E-state index in [0.29, 0.717) is 26.1 Å². The number of morpholine rings is 1. The molecule has 0 radical (unpaired) electrons. The fourth-order valence-electron chi connectivity index (χ4n) is 3.58. The number of fused-ring (bicyclic) bond motifs is 2. The molecule has 1 aromatic rings. The molecule has 2 aliphatic heterocycles. The second-order valence-electron chi connectivity index (χ2n) is 7.63. The summed E-state index contributed by atoms with van der Waals surface area (Å²) in [5, 5.41) is 0. The van der Waals surface area contributed by atoms with Crippen molar-refractivity contribution >= 4 is 11.9 Å². The molecule has 5 heteroatoms. The lowest BCUT2D eigenvalue weighted by Gasteiger charge is -2.47. The number of nitrogens with zero attached hydrogens (tertiary/aromatic N) is 1. The maximum atomic E-state index is 12.8. The molecule has 2 atom stereocenters. The molecule has 0 aromatic heterocycles. The van der Waals surface area contributed by atoms with Gasteiger partial charge in [-0.15, -0.1) is 0 Å². The summed E-state index contributed by atoms with van der Waals surface area (Å²) in [6.45, 7) is 6.53. The minimum absolute atomic E-state index is 0.0648. The van der Waals surface area contributed by atoms with E-state index in [9.17, 15) is 9.59 Å². The summed E-state index contributed by atoms with van der Waals surface area (Å²) in [4.78, 5) is 27.1. The number of ketones is 1. The molecule has 5 nitrogen and oxygen atoms in total. The third-order valence-electron chi connectivity index (χ3n) is 4.55. The molecule has 2 unspecified atom stereocenters. The molecular formula is C19H25NO4. The highest BCUT2D eigenvalue weighted by atomic mass is 16.6. The monoisotopic (exact) mass is 331 g/mol. The standard InChI is InChI=1S/C19H25NO4/c1-19(2,3)24-18(22)20-15-9-14(10-16(20)12-23-11-15)17(21)13-7-5-4-6-8-13/h4-8,14-16H,9-12H2,1-3H3. The van der Waals surface area contributed by atoms with E-state index >= 15 is 0 Å². The van der Waals surface area contributed by atoms with Crippen LogP contribution in [0.2, 0.25) is 0 Å². The number of amides is 1. The van der Waals surface area contributed by atoms with Crippen LogP contribution in [0.4, 0.5) is 4.79 Å². The molecule has 1 aromatic carbocycles. The molecule has 0 spiro atoms. The molecule has 2 fully saturated rings. The van der Waals surface area contributed by atoms with Crippen LogP contribution in [-0.4, -0.2) is 47.7 Å². The minimum atomic E-state index is -0.525. The van der Waals surface area contributed by atoms with Gasteiger partial charge < -0.3 is 9.47 Å². The fourth-order valence-corrected chi connectivity index (χ4v) is 3.58. The second kappa shape index (κ2) is 6.55. The van der Waals surface area contributed by atoms with Crippen LogP contribution in [0.1, 0.15) is 44.0 Å². The average molecular weight is 331 g/mol. The van der Waals surface area contributed by atoms with Gasteiger partial charge in [0.05, 0.1) is 25.3 Å². The van der Waals surface area contributed by atoms with E-state index < -0.39 is 5.60 Å². The molecule has 0 N–H and O–H groups in total. The van der Waals surface area contributed by atoms with E-state index in [-0.39, 0.29) is 29.9 Å². The van der Waals surface area contributed by atoms with Crippen molar-refractivity contribution in [3.63, 3.8) is 0 Å². The summed E-state index contributed by atoms with van der Waals surface area (Å²) in [7, 11) is 0. The van der Waals surface area contributed by atoms with Crippen LogP contribution in [0, 0.1) is 5.92 Å². The zero-order valence-electron chi connectivity index (χ0n) is 14.5. The SMILES string of the molecule is CC(C)(C)OC(=O)N1C2COCC1CC(C(=O)c1ccccc1)C2. The lowest BCUT2D eigenvalue weighted by molar-refractivity contribution is -0.0861. The van der Waals surface area contributed by atoms with E-state index in [0.717, 1.165) is 5.56 Å². The smallest absolute Gasteiger partial charge is 0.410 e. The van der Waals surface area contributed by atoms with Crippen molar-refractivity contribution in [3.8, 4) is 0 Å². The van der Waals surface area contributed by atoms with Gasteiger partial charge in [-0.1, -0.05) is 30.3 Å². The summed E-state index contributed by atoms with van der Waals surface area (Å²) in [6, 6.07) is 9.20. The predicted octanol–water partition coefficient (Wildman–Crippen LogP) is 3.28. The molecule has 0 aliphatic carbocycles. The summed E-state index contributed by atoms with van der Waals surface area (Å²) in [5.74, 6) is 0.0984. The predicted molar refractivity (Wildman–Crippen MR) is 90.0 cm³/mol. The highest BCUT2D eigenvalue weighted by molar-refractivity contribution is 5.98. The van der Waals surface area contributed by atoms with Crippen LogP contribution in [0.15, 0.2) is 30.3 Å². The topological polar surface area (TPSA) is 55.8 Å². The van der Waals surface area contributed by atoms with Crippen molar-refractivity contribution in [1.82, 2.24) is 4.90 Å². The Hall–Kier alpha value is -1.88. The Kier molecular flexibility index (Phi) is 4.63. The number of carbonyl (C=O) groups excluding carboxylic acids is 2. The van der Waals surface area contributed by atoms with Gasteiger partial charge in [0, 0.05) is 11.5 Å². The van der Waals surface area contributed by atoms with Crippen molar-refractivity contribution in [2.45, 2.75) is 51.3 Å². The largest absolute Gasteiger partial charge is 0.444 e. The first-order valence-electron chi connectivity index (χ1n) is 8.53. The minimum Gasteiger partial charge on any atom is -0.444 e. The molecule has 0 saturated carbocycles. The highest BCUT2D eigenvalue weighted by Gasteiger charge is 2.45. The summed E-state index contributed by atoms with van der Waals surface area (Å²) in [5.41, 5.74) is 0.218. The summed E-state index contributed by atoms with van der Waals surface area (Å²) in [6.07, 6.45) is 0.957. The molecule has 2 bridgehead atoms. The lowest BCUT2D eigenvalue weighted by atomic mass is 9.81. The van der Waals surface area contributed by atoms with Gasteiger partial charge in [0.1, 0.15) is 5.60 Å². The maximum absolute atomic E-state index is 12.8. The molecular weight excluding hydrogens is 306 g/mol. The van der Waals surface area contributed by atoms with Crippen molar-refractivity contribution < 1.29 is 19.1 Å². The van der Waals surface area contributed by atoms with E-state index in [1.165, 1.54) is 0 Å². The number of rotatable bonds is 2. The van der Waals surface area contributed by atoms with Crippen LogP contribution in [0.3, 0.4) is 0 Å². The van der Waals surface area contributed by atoms with Crippen LogP contribution < -0.4 is 0 Å². The van der Waals surface area contributed by atoms with Crippen LogP contribution in [0.25, 0.3) is 0 Å². The normalized spacial score (nSPS) is 26.8. The number of benzene rings is 1. The number of hydrogen-bond donors (Lipinski definition) is 0. The molecule has 3 rings (SSSR count). The van der Waals surface area contributed by atoms with Crippen molar-refractivity contribution in [2.75, 3.05) is 13.2 Å². The Morgan fingerprint density at radius 2 is 1.67 bits per heavy atom. The van der Waals surface area contributed by atoms with Gasteiger partial charge >= 0.3 is 6.09 Å². The number of piperidine rings is 1. The van der Waals surface area contributed by atoms with Crippen molar-refractivity contribution in [3.05, 3.63) is 35.9 Å². The summed E-state index contributed by atoms with van der Waals surface area (Å²) < 4.78 is 11.2.